The molecule has 0 spiro atoms. The zero-order valence-electron chi connectivity index (χ0n) is 13.9. The number of ether oxygens (including phenoxy) is 1. The predicted molar refractivity (Wildman–Crippen MR) is 91.3 cm³/mol. The lowest BCUT2D eigenvalue weighted by Gasteiger charge is -2.19. The molecule has 1 aliphatic rings. The van der Waals surface area contributed by atoms with Gasteiger partial charge in [0, 0.05) is 12.5 Å². The lowest BCUT2D eigenvalue weighted by molar-refractivity contribution is -0.116. The summed E-state index contributed by atoms with van der Waals surface area (Å²) in [5.74, 6) is -2.96. The summed E-state index contributed by atoms with van der Waals surface area (Å²) in [7, 11) is 1.46. The van der Waals surface area contributed by atoms with Gasteiger partial charge in [0.05, 0.1) is 24.1 Å². The topological polar surface area (TPSA) is 64.3 Å². The highest BCUT2D eigenvalue weighted by Crippen LogP contribution is 2.36. The smallest absolute Gasteiger partial charge is 0.277 e. The molecule has 4 nitrogen and oxygen atoms in total. The van der Waals surface area contributed by atoms with Crippen LogP contribution in [0, 0.1) is 5.92 Å². The quantitative estimate of drug-likeness (QED) is 0.399. The Bertz CT molecular complexity index is 613. The largest absolute Gasteiger partial charge is 0.497 e. The summed E-state index contributed by atoms with van der Waals surface area (Å²) in [6, 6.07) is 4.63. The van der Waals surface area contributed by atoms with Gasteiger partial charge in [-0.2, -0.15) is 0 Å². The van der Waals surface area contributed by atoms with Crippen molar-refractivity contribution in [3.63, 3.8) is 0 Å². The van der Waals surface area contributed by atoms with Crippen LogP contribution in [-0.4, -0.2) is 18.9 Å². The molecule has 0 atom stereocenters. The fraction of sp³-hybridized carbons (Fsp3) is 0.500. The lowest BCUT2D eigenvalue weighted by Crippen LogP contribution is -2.29. The first kappa shape index (κ1) is 18.2. The molecule has 1 aliphatic carbocycles. The lowest BCUT2D eigenvalue weighted by atomic mass is 10.0. The van der Waals surface area contributed by atoms with Gasteiger partial charge in [0.15, 0.2) is 0 Å². The van der Waals surface area contributed by atoms with Crippen molar-refractivity contribution in [1.29, 1.82) is 0 Å². The zero-order chi connectivity index (χ0) is 17.7. The van der Waals surface area contributed by atoms with Gasteiger partial charge in [0.1, 0.15) is 5.75 Å². The third kappa shape index (κ3) is 4.94. The molecule has 0 aliphatic heterocycles. The standard InChI is InChI=1S/C18H24F2N2O2/c1-12(18(19,20)10-4-3-5-13-6-7-13)17(23)22-16-11-14(24-2)8-9-15(16)21/h8-9,11,13H,1,3-7,10,21H2,2H3,(H,22,23). The van der Waals surface area contributed by atoms with Gasteiger partial charge in [-0.15, -0.1) is 0 Å². The van der Waals surface area contributed by atoms with Crippen molar-refractivity contribution in [2.45, 2.75) is 44.4 Å². The second-order valence-corrected chi connectivity index (χ2v) is 6.28. The molecule has 0 bridgehead atoms. The van der Waals surface area contributed by atoms with Crippen LogP contribution >= 0.6 is 0 Å². The van der Waals surface area contributed by atoms with E-state index in [9.17, 15) is 13.6 Å². The molecule has 3 N–H and O–H groups in total. The molecule has 1 fully saturated rings. The molecule has 1 aromatic carbocycles. The van der Waals surface area contributed by atoms with Crippen molar-refractivity contribution in [3.05, 3.63) is 30.4 Å². The van der Waals surface area contributed by atoms with Gasteiger partial charge >= 0.3 is 0 Å². The van der Waals surface area contributed by atoms with Gasteiger partial charge in [-0.3, -0.25) is 4.79 Å². The second-order valence-electron chi connectivity index (χ2n) is 6.28. The molecule has 132 valence electrons. The van der Waals surface area contributed by atoms with E-state index in [1.54, 1.807) is 6.07 Å². The number of unbranched alkanes of at least 4 members (excludes halogenated alkanes) is 1. The van der Waals surface area contributed by atoms with Crippen molar-refractivity contribution in [2.75, 3.05) is 18.2 Å². The van der Waals surface area contributed by atoms with Crippen molar-refractivity contribution < 1.29 is 18.3 Å². The van der Waals surface area contributed by atoms with Gasteiger partial charge in [-0.25, -0.2) is 8.78 Å². The van der Waals surface area contributed by atoms with Crippen molar-refractivity contribution in [2.24, 2.45) is 5.92 Å². The number of rotatable bonds is 9. The minimum absolute atomic E-state index is 0.227. The van der Waals surface area contributed by atoms with Crippen LogP contribution in [0.15, 0.2) is 30.4 Å². The third-order valence-electron chi connectivity index (χ3n) is 4.27. The summed E-state index contributed by atoms with van der Waals surface area (Å²) in [6.45, 7) is 3.29. The highest BCUT2D eigenvalue weighted by Gasteiger charge is 2.36. The molecule has 0 saturated heterocycles. The molecule has 1 aromatic rings. The van der Waals surface area contributed by atoms with Crippen molar-refractivity contribution in [3.8, 4) is 5.75 Å². The van der Waals surface area contributed by atoms with E-state index in [0.29, 0.717) is 12.2 Å². The summed E-state index contributed by atoms with van der Waals surface area (Å²) in [6.07, 6.45) is 4.21. The maximum Gasteiger partial charge on any atom is 0.277 e. The Morgan fingerprint density at radius 1 is 1.42 bits per heavy atom. The molecule has 0 aromatic heterocycles. The number of methoxy groups -OCH3 is 1. The summed E-state index contributed by atoms with van der Waals surface area (Å²) >= 11 is 0. The van der Waals surface area contributed by atoms with E-state index in [-0.39, 0.29) is 17.8 Å². The van der Waals surface area contributed by atoms with Crippen LogP contribution in [-0.2, 0) is 4.79 Å². The van der Waals surface area contributed by atoms with E-state index >= 15 is 0 Å². The monoisotopic (exact) mass is 338 g/mol. The van der Waals surface area contributed by atoms with Gasteiger partial charge in [0.2, 0.25) is 0 Å². The summed E-state index contributed by atoms with van der Waals surface area (Å²) in [5, 5.41) is 2.39. The number of anilines is 2. The number of nitrogen functional groups attached to an aromatic ring is 1. The van der Waals surface area contributed by atoms with E-state index in [1.807, 2.05) is 0 Å². The number of nitrogens with one attached hydrogen (secondary N) is 1. The Morgan fingerprint density at radius 2 is 2.12 bits per heavy atom. The average Bonchev–Trinajstić information content (AvgIpc) is 3.37. The molecular formula is C18H24F2N2O2. The van der Waals surface area contributed by atoms with Crippen molar-refractivity contribution >= 4 is 17.3 Å². The zero-order valence-corrected chi connectivity index (χ0v) is 13.9. The number of benzene rings is 1. The molecule has 24 heavy (non-hydrogen) atoms. The number of alkyl halides is 2. The highest BCUT2D eigenvalue weighted by molar-refractivity contribution is 6.06. The van der Waals surface area contributed by atoms with E-state index in [4.69, 9.17) is 10.5 Å². The SMILES string of the molecule is C=C(C(=O)Nc1cc(OC)ccc1N)C(F)(F)CCCCC1CC1. The van der Waals surface area contributed by atoms with Crippen molar-refractivity contribution in [1.82, 2.24) is 0 Å². The Kier molecular flexibility index (Phi) is 5.80. The molecule has 0 heterocycles. The number of carbonyl (C=O) groups excluding carboxylic acids is 1. The molecule has 6 heteroatoms. The first-order valence-electron chi connectivity index (χ1n) is 8.15. The number of carbonyl (C=O) groups is 1. The average molecular weight is 338 g/mol. The maximum atomic E-state index is 14.1. The summed E-state index contributed by atoms with van der Waals surface area (Å²) in [5.41, 5.74) is 5.50. The van der Waals surface area contributed by atoms with Gasteiger partial charge in [-0.05, 0) is 24.5 Å². The van der Waals surface area contributed by atoms with Crippen LogP contribution in [0.4, 0.5) is 20.2 Å². The van der Waals surface area contributed by atoms with E-state index < -0.39 is 17.4 Å². The van der Waals surface area contributed by atoms with Gasteiger partial charge in [0.25, 0.3) is 11.8 Å². The Balaban J connectivity index is 1.90. The Labute approximate surface area is 141 Å². The molecule has 2 rings (SSSR count). The van der Waals surface area contributed by atoms with Crippen LogP contribution < -0.4 is 15.8 Å². The van der Waals surface area contributed by atoms with Crippen LogP contribution in [0.25, 0.3) is 0 Å². The third-order valence-corrected chi connectivity index (χ3v) is 4.27. The van der Waals surface area contributed by atoms with E-state index in [0.717, 1.165) is 18.8 Å². The first-order valence-corrected chi connectivity index (χ1v) is 8.15. The van der Waals surface area contributed by atoms with Gasteiger partial charge in [-0.1, -0.05) is 32.3 Å². The van der Waals surface area contributed by atoms with Crippen LogP contribution in [0.3, 0.4) is 0 Å². The first-order chi connectivity index (χ1) is 11.3. The number of hydrogen-bond acceptors (Lipinski definition) is 3. The Morgan fingerprint density at radius 3 is 2.75 bits per heavy atom. The van der Waals surface area contributed by atoms with E-state index in [1.165, 1.54) is 32.1 Å². The fourth-order valence-corrected chi connectivity index (χ4v) is 2.47. The van der Waals surface area contributed by atoms with E-state index in [2.05, 4.69) is 11.9 Å². The highest BCUT2D eigenvalue weighted by atomic mass is 19.3. The Hall–Kier alpha value is -2.11. The normalized spacial score (nSPS) is 14.3. The maximum absolute atomic E-state index is 14.1. The predicted octanol–water partition coefficient (Wildman–Crippen LogP) is 4.38. The summed E-state index contributed by atoms with van der Waals surface area (Å²) in [4.78, 5) is 12.1. The number of amides is 1. The molecule has 1 amide bonds. The fourth-order valence-electron chi connectivity index (χ4n) is 2.47. The molecule has 0 radical (unpaired) electrons. The molecule has 0 unspecified atom stereocenters. The van der Waals surface area contributed by atoms with Crippen LogP contribution in [0.2, 0.25) is 0 Å². The van der Waals surface area contributed by atoms with Crippen LogP contribution in [0.1, 0.15) is 38.5 Å². The number of nitrogens with two attached hydrogens (primary N) is 1. The van der Waals surface area contributed by atoms with Gasteiger partial charge < -0.3 is 15.8 Å². The minimum atomic E-state index is -3.22. The number of halogens is 2. The number of hydrogen-bond donors (Lipinski definition) is 2. The van der Waals surface area contributed by atoms with Crippen LogP contribution in [0.5, 0.6) is 5.75 Å². The minimum Gasteiger partial charge on any atom is -0.497 e. The molecular weight excluding hydrogens is 314 g/mol. The summed E-state index contributed by atoms with van der Waals surface area (Å²) < 4.78 is 33.3. The molecule has 1 saturated carbocycles. The second kappa shape index (κ2) is 7.64.